The summed E-state index contributed by atoms with van der Waals surface area (Å²) in [5.74, 6) is 0.378. The smallest absolute Gasteiger partial charge is 0.135 e. The van der Waals surface area contributed by atoms with Crippen molar-refractivity contribution in [3.63, 3.8) is 0 Å². The van der Waals surface area contributed by atoms with Crippen LogP contribution in [-0.2, 0) is 4.74 Å². The molecule has 0 aromatic rings. The van der Waals surface area contributed by atoms with Gasteiger partial charge in [-0.1, -0.05) is 0 Å². The maximum Gasteiger partial charge on any atom is 0.135 e. The molecule has 0 amide bonds. The predicted molar refractivity (Wildman–Crippen MR) is 33.6 cm³/mol. The van der Waals surface area contributed by atoms with Crippen LogP contribution in [0.2, 0.25) is 0 Å². The first-order chi connectivity index (χ1) is 4.43. The highest BCUT2D eigenvalue weighted by atomic mass is 16.5. The zero-order valence-electron chi connectivity index (χ0n) is 5.47. The van der Waals surface area contributed by atoms with E-state index in [1.807, 2.05) is 0 Å². The maximum atomic E-state index is 8.52. The number of rotatable bonds is 2. The number of aliphatic hydroxyl groups is 1. The molecular weight excluding hydrogens is 116 g/mol. The van der Waals surface area contributed by atoms with Gasteiger partial charge in [0, 0.05) is 13.2 Å². The minimum Gasteiger partial charge on any atom is -0.396 e. The van der Waals surface area contributed by atoms with Gasteiger partial charge >= 0.3 is 0 Å². The molecule has 1 heterocycles. The van der Waals surface area contributed by atoms with E-state index in [-0.39, 0.29) is 6.61 Å². The van der Waals surface area contributed by atoms with E-state index < -0.39 is 0 Å². The van der Waals surface area contributed by atoms with E-state index >= 15 is 0 Å². The second-order valence-electron chi connectivity index (χ2n) is 2.32. The minimum absolute atomic E-state index is 0.251. The van der Waals surface area contributed by atoms with Gasteiger partial charge in [-0.15, -0.1) is 0 Å². The molecule has 9 heavy (non-hydrogen) atoms. The zero-order valence-corrected chi connectivity index (χ0v) is 5.47. The Hall–Kier alpha value is -0.0800. The molecule has 0 spiro atoms. The van der Waals surface area contributed by atoms with Gasteiger partial charge < -0.3 is 9.84 Å². The molecule has 2 nitrogen and oxygen atoms in total. The van der Waals surface area contributed by atoms with Gasteiger partial charge in [-0.25, -0.2) is 0 Å². The van der Waals surface area contributed by atoms with Crippen LogP contribution in [0.5, 0.6) is 0 Å². The lowest BCUT2D eigenvalue weighted by Gasteiger charge is -2.18. The second-order valence-corrected chi connectivity index (χ2v) is 2.32. The number of hydrogen-bond acceptors (Lipinski definition) is 2. The predicted octanol–water partition coefficient (Wildman–Crippen LogP) is 0.834. The molecule has 0 saturated carbocycles. The van der Waals surface area contributed by atoms with Crippen molar-refractivity contribution in [1.29, 1.82) is 0 Å². The van der Waals surface area contributed by atoms with E-state index in [0.717, 1.165) is 25.9 Å². The van der Waals surface area contributed by atoms with Gasteiger partial charge in [0.05, 0.1) is 0 Å². The van der Waals surface area contributed by atoms with Crippen LogP contribution in [0.3, 0.4) is 0 Å². The van der Waals surface area contributed by atoms with E-state index in [1.54, 1.807) is 0 Å². The lowest BCUT2D eigenvalue weighted by Crippen LogP contribution is -2.13. The SMILES string of the molecule is OCCC1[C]OCCC1. The quantitative estimate of drug-likeness (QED) is 0.597. The summed E-state index contributed by atoms with van der Waals surface area (Å²) >= 11 is 0. The summed E-state index contributed by atoms with van der Waals surface area (Å²) in [4.78, 5) is 0. The van der Waals surface area contributed by atoms with E-state index in [2.05, 4.69) is 6.61 Å². The topological polar surface area (TPSA) is 29.5 Å². The van der Waals surface area contributed by atoms with Crippen molar-refractivity contribution in [3.8, 4) is 0 Å². The third kappa shape index (κ3) is 2.33. The van der Waals surface area contributed by atoms with Gasteiger partial charge in [0.25, 0.3) is 0 Å². The Morgan fingerprint density at radius 3 is 3.11 bits per heavy atom. The van der Waals surface area contributed by atoms with Gasteiger partial charge in [-0.2, -0.15) is 0 Å². The molecule has 1 aliphatic rings. The average Bonchev–Trinajstić information content (AvgIpc) is 1.91. The van der Waals surface area contributed by atoms with Crippen molar-refractivity contribution in [3.05, 3.63) is 6.61 Å². The first-order valence-electron chi connectivity index (χ1n) is 3.41. The number of aliphatic hydroxyl groups excluding tert-OH is 1. The lowest BCUT2D eigenvalue weighted by atomic mass is 9.99. The van der Waals surface area contributed by atoms with Gasteiger partial charge in [0.1, 0.15) is 6.61 Å². The van der Waals surface area contributed by atoms with Crippen molar-refractivity contribution in [1.82, 2.24) is 0 Å². The van der Waals surface area contributed by atoms with Crippen LogP contribution in [0.25, 0.3) is 0 Å². The highest BCUT2D eigenvalue weighted by molar-refractivity contribution is 4.71. The van der Waals surface area contributed by atoms with Gasteiger partial charge in [-0.05, 0) is 25.2 Å². The van der Waals surface area contributed by atoms with Crippen molar-refractivity contribution in [2.75, 3.05) is 13.2 Å². The Bertz CT molecular complexity index is 64.6. The summed E-state index contributed by atoms with van der Waals surface area (Å²) < 4.78 is 4.97. The maximum absolute atomic E-state index is 8.52. The molecule has 52 valence electrons. The molecule has 1 atom stereocenters. The molecule has 1 saturated heterocycles. The molecule has 1 aliphatic heterocycles. The van der Waals surface area contributed by atoms with E-state index in [9.17, 15) is 0 Å². The zero-order chi connectivity index (χ0) is 6.53. The highest BCUT2D eigenvalue weighted by Gasteiger charge is 2.13. The molecular formula is C7H12O2. The molecule has 2 heteroatoms. The van der Waals surface area contributed by atoms with Crippen LogP contribution in [0.1, 0.15) is 19.3 Å². The highest BCUT2D eigenvalue weighted by Crippen LogP contribution is 2.19. The Labute approximate surface area is 55.8 Å². The van der Waals surface area contributed by atoms with Crippen LogP contribution < -0.4 is 0 Å². The Balaban J connectivity index is 2.08. The van der Waals surface area contributed by atoms with E-state index in [0.29, 0.717) is 5.92 Å². The van der Waals surface area contributed by atoms with Crippen molar-refractivity contribution in [2.45, 2.75) is 19.3 Å². The van der Waals surface area contributed by atoms with Crippen molar-refractivity contribution < 1.29 is 9.84 Å². The number of ether oxygens (including phenoxy) is 1. The third-order valence-corrected chi connectivity index (χ3v) is 1.53. The van der Waals surface area contributed by atoms with Crippen LogP contribution >= 0.6 is 0 Å². The second kappa shape index (κ2) is 3.85. The summed E-state index contributed by atoms with van der Waals surface area (Å²) in [5, 5.41) is 8.52. The monoisotopic (exact) mass is 128 g/mol. The number of hydrogen-bond donors (Lipinski definition) is 1. The molecule has 0 aliphatic carbocycles. The summed E-state index contributed by atoms with van der Waals surface area (Å²) in [6.07, 6.45) is 3.04. The Kier molecular flexibility index (Phi) is 3.01. The summed E-state index contributed by atoms with van der Waals surface area (Å²) in [6.45, 7) is 3.92. The average molecular weight is 128 g/mol. The molecule has 1 fully saturated rings. The fourth-order valence-corrected chi connectivity index (χ4v) is 0.997. The Morgan fingerprint density at radius 2 is 2.56 bits per heavy atom. The fourth-order valence-electron chi connectivity index (χ4n) is 0.997. The molecule has 1 rings (SSSR count). The first-order valence-corrected chi connectivity index (χ1v) is 3.41. The van der Waals surface area contributed by atoms with Crippen LogP contribution in [0, 0.1) is 12.5 Å². The van der Waals surface area contributed by atoms with Gasteiger partial charge in [-0.3, -0.25) is 0 Å². The van der Waals surface area contributed by atoms with Crippen molar-refractivity contribution in [2.24, 2.45) is 5.92 Å². The molecule has 2 radical (unpaired) electrons. The summed E-state index contributed by atoms with van der Waals surface area (Å²) in [7, 11) is 0. The molecule has 0 aromatic heterocycles. The third-order valence-electron chi connectivity index (χ3n) is 1.53. The normalized spacial score (nSPS) is 28.3. The largest absolute Gasteiger partial charge is 0.396 e. The molecule has 1 N–H and O–H groups in total. The van der Waals surface area contributed by atoms with Crippen molar-refractivity contribution >= 4 is 0 Å². The lowest BCUT2D eigenvalue weighted by molar-refractivity contribution is 0.102. The van der Waals surface area contributed by atoms with E-state index in [4.69, 9.17) is 9.84 Å². The fraction of sp³-hybridized carbons (Fsp3) is 0.857. The van der Waals surface area contributed by atoms with Crippen LogP contribution in [-0.4, -0.2) is 18.3 Å². The molecule has 0 bridgehead atoms. The standard InChI is InChI=1S/C7H12O2/c8-4-3-7-2-1-5-9-6-7/h7-8H,1-5H2. The summed E-state index contributed by atoms with van der Waals surface area (Å²) in [5.41, 5.74) is 0. The minimum atomic E-state index is 0.251. The summed E-state index contributed by atoms with van der Waals surface area (Å²) in [6, 6.07) is 0. The van der Waals surface area contributed by atoms with Gasteiger partial charge in [0.2, 0.25) is 0 Å². The molecule has 0 aromatic carbocycles. The van der Waals surface area contributed by atoms with Gasteiger partial charge in [0.15, 0.2) is 0 Å². The van der Waals surface area contributed by atoms with Crippen LogP contribution in [0.15, 0.2) is 0 Å². The Morgan fingerprint density at radius 1 is 1.67 bits per heavy atom. The first kappa shape index (κ1) is 7.03. The van der Waals surface area contributed by atoms with E-state index in [1.165, 1.54) is 0 Å². The molecule has 1 unspecified atom stereocenters. The van der Waals surface area contributed by atoms with Crippen LogP contribution in [0.4, 0.5) is 0 Å².